The van der Waals surface area contributed by atoms with Crippen molar-refractivity contribution in [3.05, 3.63) is 82.4 Å². The SMILES string of the molecule is CC.CC.COC(=O)c1cc2c(cc1OC)CCN1Cc3c(ccc(OC)c3OS(=O)(=O)c3ccccc3)CC21. The first-order chi connectivity index (χ1) is 19.4. The lowest BCUT2D eigenvalue weighted by Gasteiger charge is -2.42. The fourth-order valence-electron chi connectivity index (χ4n) is 5.07. The van der Waals surface area contributed by atoms with Crippen molar-refractivity contribution in [2.24, 2.45) is 0 Å². The first kappa shape index (κ1) is 31.0. The second-order valence-electron chi connectivity index (χ2n) is 8.77. The summed E-state index contributed by atoms with van der Waals surface area (Å²) < 4.78 is 47.7. The minimum Gasteiger partial charge on any atom is -0.496 e. The van der Waals surface area contributed by atoms with Crippen LogP contribution in [0.1, 0.15) is 66.3 Å². The molecule has 0 bridgehead atoms. The monoisotopic (exact) mass is 569 g/mol. The first-order valence-corrected chi connectivity index (χ1v) is 15.0. The fourth-order valence-corrected chi connectivity index (χ4v) is 6.06. The van der Waals surface area contributed by atoms with Crippen molar-refractivity contribution in [2.45, 2.75) is 58.0 Å². The zero-order valence-electron chi connectivity index (χ0n) is 24.3. The van der Waals surface area contributed by atoms with Gasteiger partial charge in [-0.3, -0.25) is 4.90 Å². The molecule has 0 spiro atoms. The van der Waals surface area contributed by atoms with E-state index in [-0.39, 0.29) is 16.7 Å². The molecule has 0 saturated carbocycles. The number of carbonyl (C=O) groups excluding carboxylic acids is 1. The lowest BCUT2D eigenvalue weighted by atomic mass is 9.83. The van der Waals surface area contributed by atoms with Gasteiger partial charge in [0.25, 0.3) is 0 Å². The van der Waals surface area contributed by atoms with Gasteiger partial charge in [0.1, 0.15) is 16.2 Å². The van der Waals surface area contributed by atoms with Gasteiger partial charge >= 0.3 is 16.1 Å². The van der Waals surface area contributed by atoms with Gasteiger partial charge in [0.15, 0.2) is 11.5 Å². The molecule has 0 aromatic heterocycles. The van der Waals surface area contributed by atoms with Gasteiger partial charge < -0.3 is 18.4 Å². The van der Waals surface area contributed by atoms with Crippen molar-refractivity contribution in [2.75, 3.05) is 27.9 Å². The van der Waals surface area contributed by atoms with Crippen LogP contribution in [-0.4, -0.2) is 47.2 Å². The molecule has 1 atom stereocenters. The van der Waals surface area contributed by atoms with Gasteiger partial charge in [0, 0.05) is 24.7 Å². The van der Waals surface area contributed by atoms with Gasteiger partial charge in [-0.25, -0.2) is 4.79 Å². The van der Waals surface area contributed by atoms with Gasteiger partial charge in [0.2, 0.25) is 0 Å². The molecule has 0 fully saturated rings. The van der Waals surface area contributed by atoms with E-state index < -0.39 is 16.1 Å². The van der Waals surface area contributed by atoms with Crippen LogP contribution < -0.4 is 13.7 Å². The number of carbonyl (C=O) groups is 1. The summed E-state index contributed by atoms with van der Waals surface area (Å²) in [6, 6.07) is 15.6. The van der Waals surface area contributed by atoms with Crippen molar-refractivity contribution in [3.63, 3.8) is 0 Å². The summed E-state index contributed by atoms with van der Waals surface area (Å²) >= 11 is 0. The highest BCUT2D eigenvalue weighted by atomic mass is 32.2. The Morgan fingerprint density at radius 1 is 0.875 bits per heavy atom. The second kappa shape index (κ2) is 13.7. The highest BCUT2D eigenvalue weighted by Crippen LogP contribution is 2.45. The van der Waals surface area contributed by atoms with E-state index in [9.17, 15) is 13.2 Å². The number of benzene rings is 3. The molecule has 2 aliphatic heterocycles. The third-order valence-electron chi connectivity index (χ3n) is 6.88. The zero-order chi connectivity index (χ0) is 29.4. The van der Waals surface area contributed by atoms with E-state index in [1.54, 1.807) is 31.4 Å². The Kier molecular flexibility index (Phi) is 10.6. The lowest BCUT2D eigenvalue weighted by molar-refractivity contribution is 0.0596. The molecular formula is C31H39NO7S. The third-order valence-corrected chi connectivity index (χ3v) is 8.11. The van der Waals surface area contributed by atoms with Crippen LogP contribution in [0.2, 0.25) is 0 Å². The molecule has 0 saturated heterocycles. The number of nitrogens with zero attached hydrogens (tertiary/aromatic N) is 1. The lowest BCUT2D eigenvalue weighted by Crippen LogP contribution is -2.39. The number of rotatable bonds is 6. The van der Waals surface area contributed by atoms with E-state index in [1.807, 2.05) is 45.9 Å². The van der Waals surface area contributed by atoms with E-state index in [1.165, 1.54) is 26.4 Å². The van der Waals surface area contributed by atoms with E-state index in [2.05, 4.69) is 4.90 Å². The predicted molar refractivity (Wildman–Crippen MR) is 155 cm³/mol. The summed E-state index contributed by atoms with van der Waals surface area (Å²) in [5.41, 5.74) is 4.32. The van der Waals surface area contributed by atoms with Gasteiger partial charge in [-0.15, -0.1) is 0 Å². The molecule has 0 aliphatic carbocycles. The maximum atomic E-state index is 13.0. The summed E-state index contributed by atoms with van der Waals surface area (Å²) in [6.07, 6.45) is 1.39. The molecule has 5 rings (SSSR count). The van der Waals surface area contributed by atoms with E-state index in [0.29, 0.717) is 30.0 Å². The van der Waals surface area contributed by atoms with Gasteiger partial charge in [-0.1, -0.05) is 52.0 Å². The maximum absolute atomic E-state index is 13.0. The highest BCUT2D eigenvalue weighted by molar-refractivity contribution is 7.87. The summed E-state index contributed by atoms with van der Waals surface area (Å²) in [7, 11) is 0.338. The van der Waals surface area contributed by atoms with Crippen LogP contribution in [0, 0.1) is 0 Å². The Balaban J connectivity index is 0.00000106. The Morgan fingerprint density at radius 3 is 2.17 bits per heavy atom. The fraction of sp³-hybridized carbons (Fsp3) is 0.387. The molecule has 2 aliphatic rings. The smallest absolute Gasteiger partial charge is 0.341 e. The number of esters is 1. The minimum atomic E-state index is -4.05. The largest absolute Gasteiger partial charge is 0.496 e. The molecule has 3 aromatic carbocycles. The topological polar surface area (TPSA) is 91.4 Å². The van der Waals surface area contributed by atoms with Crippen LogP contribution in [-0.2, 0) is 34.2 Å². The summed E-state index contributed by atoms with van der Waals surface area (Å²) in [5, 5.41) is 0. The Morgan fingerprint density at radius 2 is 1.55 bits per heavy atom. The molecule has 8 nitrogen and oxygen atoms in total. The van der Waals surface area contributed by atoms with Crippen LogP contribution in [0.3, 0.4) is 0 Å². The molecule has 0 amide bonds. The Labute approximate surface area is 237 Å². The van der Waals surface area contributed by atoms with Gasteiger partial charge in [-0.2, -0.15) is 8.42 Å². The summed E-state index contributed by atoms with van der Waals surface area (Å²) in [5.74, 6) is 0.626. The molecule has 216 valence electrons. The third kappa shape index (κ3) is 6.10. The maximum Gasteiger partial charge on any atom is 0.341 e. The van der Waals surface area contributed by atoms with E-state index >= 15 is 0 Å². The molecule has 2 heterocycles. The average molecular weight is 570 g/mol. The standard InChI is InChI=1S/C27H27NO7S.2C2H6/c1-32-24-10-9-17-13-23-20-15-21(27(29)34-3)25(33-2)14-18(20)11-12-28(23)16-22(17)26(24)35-36(30,31)19-7-5-4-6-8-19;2*1-2/h4-10,14-15,23H,11-13,16H2,1-3H3;2*1-2H3. The Hall–Kier alpha value is -3.56. The van der Waals surface area contributed by atoms with Crippen LogP contribution in [0.5, 0.6) is 17.2 Å². The summed E-state index contributed by atoms with van der Waals surface area (Å²) in [6.45, 7) is 9.25. The van der Waals surface area contributed by atoms with Crippen LogP contribution >= 0.6 is 0 Å². The molecule has 40 heavy (non-hydrogen) atoms. The summed E-state index contributed by atoms with van der Waals surface area (Å²) in [4.78, 5) is 14.8. The molecule has 9 heteroatoms. The average Bonchev–Trinajstić information content (AvgIpc) is 3.01. The van der Waals surface area contributed by atoms with Crippen molar-refractivity contribution in [1.29, 1.82) is 0 Å². The number of hydrogen-bond acceptors (Lipinski definition) is 8. The highest BCUT2D eigenvalue weighted by Gasteiger charge is 2.36. The van der Waals surface area contributed by atoms with Gasteiger partial charge in [0.05, 0.1) is 21.3 Å². The van der Waals surface area contributed by atoms with Crippen molar-refractivity contribution < 1.29 is 31.6 Å². The molecule has 0 radical (unpaired) electrons. The molecule has 0 N–H and O–H groups in total. The van der Waals surface area contributed by atoms with Gasteiger partial charge in [-0.05, 0) is 59.9 Å². The Bertz CT molecular complexity index is 1420. The predicted octanol–water partition coefficient (Wildman–Crippen LogP) is 5.97. The minimum absolute atomic E-state index is 0.0162. The van der Waals surface area contributed by atoms with E-state index in [4.69, 9.17) is 18.4 Å². The molecular weight excluding hydrogens is 530 g/mol. The van der Waals surface area contributed by atoms with Crippen LogP contribution in [0.15, 0.2) is 59.5 Å². The second-order valence-corrected chi connectivity index (χ2v) is 10.3. The zero-order valence-corrected chi connectivity index (χ0v) is 25.1. The van der Waals surface area contributed by atoms with Crippen LogP contribution in [0.4, 0.5) is 0 Å². The van der Waals surface area contributed by atoms with E-state index in [0.717, 1.165) is 35.2 Å². The normalized spacial score (nSPS) is 15.4. The number of ether oxygens (including phenoxy) is 3. The first-order valence-electron chi connectivity index (χ1n) is 13.6. The number of hydrogen-bond donors (Lipinski definition) is 0. The van der Waals surface area contributed by atoms with Crippen molar-refractivity contribution >= 4 is 16.1 Å². The molecule has 1 unspecified atom stereocenters. The molecule has 3 aromatic rings. The van der Waals surface area contributed by atoms with Crippen LogP contribution in [0.25, 0.3) is 0 Å². The quantitative estimate of drug-likeness (QED) is 0.265. The van der Waals surface area contributed by atoms with Crippen molar-refractivity contribution in [1.82, 2.24) is 4.90 Å². The number of methoxy groups -OCH3 is 3. The number of fused-ring (bicyclic) bond motifs is 4. The van der Waals surface area contributed by atoms with Crippen molar-refractivity contribution in [3.8, 4) is 17.2 Å².